The number of nitrogen functional groups attached to an aromatic ring is 1. The van der Waals surface area contributed by atoms with Gasteiger partial charge in [0.1, 0.15) is 5.82 Å². The summed E-state index contributed by atoms with van der Waals surface area (Å²) in [5, 5.41) is 2.70. The standard InChI is InChI=1S/C14H19FN2O3/c1-8(12(18)17-14(2,3)4)20-13(19)9-5-6-10(15)11(16)7-9/h5-8H,16H2,1-4H3,(H,17,18). The monoisotopic (exact) mass is 282 g/mol. The van der Waals surface area contributed by atoms with Gasteiger partial charge in [0.05, 0.1) is 11.3 Å². The highest BCUT2D eigenvalue weighted by Gasteiger charge is 2.23. The number of rotatable bonds is 3. The number of carbonyl (C=O) groups excluding carboxylic acids is 2. The third-order valence-electron chi connectivity index (χ3n) is 2.38. The highest BCUT2D eigenvalue weighted by Crippen LogP contribution is 2.14. The van der Waals surface area contributed by atoms with Gasteiger partial charge in [-0.1, -0.05) is 0 Å². The van der Waals surface area contributed by atoms with Crippen molar-refractivity contribution in [2.75, 3.05) is 5.73 Å². The molecule has 0 saturated carbocycles. The predicted octanol–water partition coefficient (Wildman–Crippen LogP) is 1.87. The van der Waals surface area contributed by atoms with E-state index in [9.17, 15) is 14.0 Å². The fourth-order valence-corrected chi connectivity index (χ4v) is 1.42. The zero-order valence-corrected chi connectivity index (χ0v) is 12.0. The molecule has 0 aliphatic heterocycles. The smallest absolute Gasteiger partial charge is 0.338 e. The van der Waals surface area contributed by atoms with Gasteiger partial charge in [-0.2, -0.15) is 0 Å². The second kappa shape index (κ2) is 5.90. The molecule has 6 heteroatoms. The summed E-state index contributed by atoms with van der Waals surface area (Å²) in [7, 11) is 0. The summed E-state index contributed by atoms with van der Waals surface area (Å²) in [5.74, 6) is -1.74. The van der Waals surface area contributed by atoms with Crippen LogP contribution in [0.5, 0.6) is 0 Å². The second-order valence-electron chi connectivity index (χ2n) is 5.52. The number of hydrogen-bond donors (Lipinski definition) is 2. The first-order valence-electron chi connectivity index (χ1n) is 6.18. The summed E-state index contributed by atoms with van der Waals surface area (Å²) in [6.45, 7) is 6.92. The van der Waals surface area contributed by atoms with Gasteiger partial charge in [0.2, 0.25) is 0 Å². The first-order valence-corrected chi connectivity index (χ1v) is 6.18. The Bertz CT molecular complexity index is 524. The van der Waals surface area contributed by atoms with Crippen molar-refractivity contribution in [1.29, 1.82) is 0 Å². The van der Waals surface area contributed by atoms with Crippen LogP contribution in [0.1, 0.15) is 38.1 Å². The van der Waals surface area contributed by atoms with Crippen LogP contribution in [0.3, 0.4) is 0 Å². The molecule has 0 bridgehead atoms. The lowest BCUT2D eigenvalue weighted by atomic mass is 10.1. The number of nitrogens with two attached hydrogens (primary N) is 1. The third kappa shape index (κ3) is 4.53. The first-order chi connectivity index (χ1) is 9.10. The molecule has 1 aromatic carbocycles. The number of benzene rings is 1. The molecule has 5 nitrogen and oxygen atoms in total. The van der Waals surface area contributed by atoms with Crippen LogP contribution in [0.4, 0.5) is 10.1 Å². The van der Waals surface area contributed by atoms with E-state index in [4.69, 9.17) is 10.5 Å². The Morgan fingerprint density at radius 2 is 1.95 bits per heavy atom. The van der Waals surface area contributed by atoms with Gasteiger partial charge in [-0.15, -0.1) is 0 Å². The Morgan fingerprint density at radius 3 is 2.45 bits per heavy atom. The van der Waals surface area contributed by atoms with Gasteiger partial charge in [-0.05, 0) is 45.9 Å². The van der Waals surface area contributed by atoms with Crippen molar-refractivity contribution in [3.8, 4) is 0 Å². The van der Waals surface area contributed by atoms with Crippen molar-refractivity contribution in [1.82, 2.24) is 5.32 Å². The minimum Gasteiger partial charge on any atom is -0.449 e. The zero-order valence-electron chi connectivity index (χ0n) is 12.0. The van der Waals surface area contributed by atoms with E-state index < -0.39 is 29.3 Å². The lowest BCUT2D eigenvalue weighted by Crippen LogP contribution is -2.46. The largest absolute Gasteiger partial charge is 0.449 e. The van der Waals surface area contributed by atoms with Gasteiger partial charge in [0, 0.05) is 5.54 Å². The summed E-state index contributed by atoms with van der Waals surface area (Å²) in [6.07, 6.45) is -0.951. The van der Waals surface area contributed by atoms with Crippen LogP contribution in [0.15, 0.2) is 18.2 Å². The maximum Gasteiger partial charge on any atom is 0.338 e. The molecule has 1 atom stereocenters. The average molecular weight is 282 g/mol. The van der Waals surface area contributed by atoms with Gasteiger partial charge in [0.15, 0.2) is 6.10 Å². The Hall–Kier alpha value is -2.11. The van der Waals surface area contributed by atoms with E-state index in [-0.39, 0.29) is 11.3 Å². The number of hydrogen-bond acceptors (Lipinski definition) is 4. The fourth-order valence-electron chi connectivity index (χ4n) is 1.42. The van der Waals surface area contributed by atoms with Crippen LogP contribution >= 0.6 is 0 Å². The van der Waals surface area contributed by atoms with Crippen molar-refractivity contribution >= 4 is 17.6 Å². The molecular formula is C14H19FN2O3. The van der Waals surface area contributed by atoms with Gasteiger partial charge in [-0.25, -0.2) is 9.18 Å². The Kier molecular flexibility index (Phi) is 4.70. The number of carbonyl (C=O) groups is 2. The molecule has 0 aliphatic carbocycles. The van der Waals surface area contributed by atoms with Crippen LogP contribution in [-0.4, -0.2) is 23.5 Å². The van der Waals surface area contributed by atoms with Gasteiger partial charge in [-0.3, -0.25) is 4.79 Å². The molecule has 0 heterocycles. The number of esters is 1. The predicted molar refractivity (Wildman–Crippen MR) is 73.6 cm³/mol. The van der Waals surface area contributed by atoms with E-state index in [0.29, 0.717) is 0 Å². The van der Waals surface area contributed by atoms with Gasteiger partial charge < -0.3 is 15.8 Å². The van der Waals surface area contributed by atoms with E-state index in [0.717, 1.165) is 6.07 Å². The summed E-state index contributed by atoms with van der Waals surface area (Å²) in [5.41, 5.74) is 4.90. The summed E-state index contributed by atoms with van der Waals surface area (Å²) >= 11 is 0. The molecule has 0 radical (unpaired) electrons. The Labute approximate surface area is 117 Å². The molecule has 0 aromatic heterocycles. The molecule has 1 amide bonds. The Morgan fingerprint density at radius 1 is 1.35 bits per heavy atom. The second-order valence-corrected chi connectivity index (χ2v) is 5.52. The van der Waals surface area contributed by atoms with Crippen molar-refractivity contribution in [3.05, 3.63) is 29.6 Å². The first kappa shape index (κ1) is 15.9. The fraction of sp³-hybridized carbons (Fsp3) is 0.429. The molecule has 0 fully saturated rings. The third-order valence-corrected chi connectivity index (χ3v) is 2.38. The summed E-state index contributed by atoms with van der Waals surface area (Å²) in [6, 6.07) is 3.50. The van der Waals surface area contributed by atoms with Crippen LogP contribution in [0, 0.1) is 5.82 Å². The van der Waals surface area contributed by atoms with Crippen molar-refractivity contribution < 1.29 is 18.7 Å². The molecule has 1 unspecified atom stereocenters. The quantitative estimate of drug-likeness (QED) is 0.655. The van der Waals surface area contributed by atoms with E-state index in [1.807, 2.05) is 20.8 Å². The van der Waals surface area contributed by atoms with Crippen molar-refractivity contribution in [3.63, 3.8) is 0 Å². The molecule has 1 rings (SSSR count). The van der Waals surface area contributed by atoms with Gasteiger partial charge >= 0.3 is 5.97 Å². The number of anilines is 1. The molecule has 110 valence electrons. The van der Waals surface area contributed by atoms with E-state index in [1.165, 1.54) is 19.1 Å². The molecule has 20 heavy (non-hydrogen) atoms. The summed E-state index contributed by atoms with van der Waals surface area (Å²) < 4.78 is 18.0. The highest BCUT2D eigenvalue weighted by molar-refractivity contribution is 5.93. The lowest BCUT2D eigenvalue weighted by Gasteiger charge is -2.23. The average Bonchev–Trinajstić information content (AvgIpc) is 2.30. The van der Waals surface area contributed by atoms with E-state index in [1.54, 1.807) is 0 Å². The van der Waals surface area contributed by atoms with Crippen LogP contribution in [0.2, 0.25) is 0 Å². The highest BCUT2D eigenvalue weighted by atomic mass is 19.1. The summed E-state index contributed by atoms with van der Waals surface area (Å²) in [4.78, 5) is 23.6. The number of nitrogens with one attached hydrogen (secondary N) is 1. The molecule has 0 aliphatic rings. The van der Waals surface area contributed by atoms with Crippen LogP contribution in [0.25, 0.3) is 0 Å². The molecular weight excluding hydrogens is 263 g/mol. The van der Waals surface area contributed by atoms with E-state index in [2.05, 4.69) is 5.32 Å². The van der Waals surface area contributed by atoms with E-state index >= 15 is 0 Å². The molecule has 0 saturated heterocycles. The zero-order chi connectivity index (χ0) is 15.5. The van der Waals surface area contributed by atoms with Crippen LogP contribution in [-0.2, 0) is 9.53 Å². The Balaban J connectivity index is 2.70. The number of halogens is 1. The lowest BCUT2D eigenvalue weighted by molar-refractivity contribution is -0.130. The maximum atomic E-state index is 13.0. The number of amides is 1. The minimum absolute atomic E-state index is 0.0966. The van der Waals surface area contributed by atoms with Crippen LogP contribution < -0.4 is 11.1 Å². The maximum absolute atomic E-state index is 13.0. The van der Waals surface area contributed by atoms with Crippen molar-refractivity contribution in [2.24, 2.45) is 0 Å². The molecule has 1 aromatic rings. The SMILES string of the molecule is CC(OC(=O)c1ccc(F)c(N)c1)C(=O)NC(C)(C)C. The number of ether oxygens (including phenoxy) is 1. The van der Waals surface area contributed by atoms with Crippen molar-refractivity contribution in [2.45, 2.75) is 39.3 Å². The minimum atomic E-state index is -0.951. The molecule has 3 N–H and O–H groups in total. The topological polar surface area (TPSA) is 81.4 Å². The normalized spacial score (nSPS) is 12.7. The van der Waals surface area contributed by atoms with Gasteiger partial charge in [0.25, 0.3) is 5.91 Å². The molecule has 0 spiro atoms.